The van der Waals surface area contributed by atoms with E-state index in [9.17, 15) is 4.79 Å². The van der Waals surface area contributed by atoms with E-state index in [0.717, 1.165) is 0 Å². The third-order valence-corrected chi connectivity index (χ3v) is 6.54. The Morgan fingerprint density at radius 3 is 1.96 bits per heavy atom. The van der Waals surface area contributed by atoms with Crippen LogP contribution in [0.1, 0.15) is 48.0 Å². The Morgan fingerprint density at radius 2 is 1.48 bits per heavy atom. The number of ether oxygens (including phenoxy) is 4. The molecule has 0 saturated heterocycles. The van der Waals surface area contributed by atoms with Crippen LogP contribution in [0.2, 0.25) is 6.04 Å². The molecule has 0 aliphatic carbocycles. The van der Waals surface area contributed by atoms with E-state index in [1.807, 2.05) is 20.8 Å². The molecule has 0 bridgehead atoms. The van der Waals surface area contributed by atoms with Crippen LogP contribution in [0.25, 0.3) is 0 Å². The second-order valence-corrected chi connectivity index (χ2v) is 8.38. The summed E-state index contributed by atoms with van der Waals surface area (Å²) in [6.07, 6.45) is -1.49. The molecule has 10 heteroatoms. The Labute approximate surface area is 164 Å². The number of hydrogen-bond acceptors (Lipinski definition) is 8. The quantitative estimate of drug-likeness (QED) is 0.235. The van der Waals surface area contributed by atoms with E-state index in [2.05, 4.69) is 5.32 Å². The molecule has 0 aliphatic heterocycles. The van der Waals surface area contributed by atoms with E-state index < -0.39 is 33.7 Å². The minimum atomic E-state index is -2.71. The minimum absolute atomic E-state index is 0.229. The van der Waals surface area contributed by atoms with Crippen molar-refractivity contribution in [1.29, 1.82) is 0 Å². The molecule has 27 heavy (non-hydrogen) atoms. The van der Waals surface area contributed by atoms with Gasteiger partial charge in [-0.15, -0.1) is 0 Å². The molecule has 0 aromatic carbocycles. The van der Waals surface area contributed by atoms with E-state index in [0.29, 0.717) is 32.3 Å². The number of alkyl carbamates (subject to hydrolysis) is 1. The van der Waals surface area contributed by atoms with E-state index in [1.54, 1.807) is 20.8 Å². The van der Waals surface area contributed by atoms with E-state index >= 15 is 0 Å². The van der Waals surface area contributed by atoms with Crippen LogP contribution in [0.5, 0.6) is 0 Å². The Balaban J connectivity index is 4.19. The molecular weight excluding hydrogens is 374 g/mol. The first kappa shape index (κ1) is 26.2. The van der Waals surface area contributed by atoms with Gasteiger partial charge in [-0.05, 0) is 48.0 Å². The highest BCUT2D eigenvalue weighted by Crippen LogP contribution is 2.18. The van der Waals surface area contributed by atoms with Crippen LogP contribution in [0, 0.1) is 0 Å². The Morgan fingerprint density at radius 1 is 0.926 bits per heavy atom. The van der Waals surface area contributed by atoms with E-state index in [4.69, 9.17) is 32.2 Å². The molecule has 0 aliphatic rings. The smallest absolute Gasteiger partial charge is 0.450 e. The summed E-state index contributed by atoms with van der Waals surface area (Å²) >= 11 is 0. The molecule has 3 unspecified atom stereocenters. The highest BCUT2D eigenvalue weighted by atomic mass is 28.4. The fraction of sp³-hybridized carbons (Fsp3) is 0.941. The third-order valence-electron chi connectivity index (χ3n) is 3.39. The van der Waals surface area contributed by atoms with Gasteiger partial charge in [0.2, 0.25) is 0 Å². The van der Waals surface area contributed by atoms with Gasteiger partial charge in [-0.2, -0.15) is 0 Å². The van der Waals surface area contributed by atoms with Crippen molar-refractivity contribution in [3.05, 3.63) is 0 Å². The highest BCUT2D eigenvalue weighted by Gasteiger charge is 2.39. The highest BCUT2D eigenvalue weighted by molar-refractivity contribution is 6.60. The lowest BCUT2D eigenvalue weighted by Crippen LogP contribution is -2.46. The maximum atomic E-state index is 11.9. The molecule has 0 heterocycles. The molecule has 0 radical (unpaired) electrons. The van der Waals surface area contributed by atoms with Gasteiger partial charge in [0.15, 0.2) is 12.6 Å². The summed E-state index contributed by atoms with van der Waals surface area (Å²) in [4.78, 5) is 11.9. The fourth-order valence-electron chi connectivity index (χ4n) is 2.34. The summed E-state index contributed by atoms with van der Waals surface area (Å²) in [5.74, 6) is 0. The van der Waals surface area contributed by atoms with Crippen molar-refractivity contribution in [2.75, 3.05) is 33.5 Å². The van der Waals surface area contributed by atoms with Crippen LogP contribution in [0.4, 0.5) is 4.79 Å². The van der Waals surface area contributed by atoms with Crippen LogP contribution in [0.3, 0.4) is 0 Å². The SMILES string of the molecule is CCO[Si](CCCOC(=O)NC(C)OC(C)OC(C)OC)(OCC)OCC. The first-order chi connectivity index (χ1) is 12.8. The lowest BCUT2D eigenvalue weighted by molar-refractivity contribution is -0.237. The molecule has 0 rings (SSSR count). The zero-order valence-electron chi connectivity index (χ0n) is 17.7. The van der Waals surface area contributed by atoms with Crippen molar-refractivity contribution in [3.8, 4) is 0 Å². The summed E-state index contributed by atoms with van der Waals surface area (Å²) in [5, 5.41) is 2.59. The first-order valence-corrected chi connectivity index (χ1v) is 11.4. The van der Waals surface area contributed by atoms with Crippen molar-refractivity contribution >= 4 is 14.9 Å². The van der Waals surface area contributed by atoms with Crippen LogP contribution in [0.15, 0.2) is 0 Å². The average Bonchev–Trinajstić information content (AvgIpc) is 2.59. The van der Waals surface area contributed by atoms with E-state index in [1.165, 1.54) is 7.11 Å². The number of rotatable bonds is 16. The maximum absolute atomic E-state index is 11.9. The van der Waals surface area contributed by atoms with Gasteiger partial charge in [-0.3, -0.25) is 5.32 Å². The molecule has 9 nitrogen and oxygen atoms in total. The molecule has 1 amide bonds. The molecule has 0 spiro atoms. The average molecular weight is 412 g/mol. The lowest BCUT2D eigenvalue weighted by Gasteiger charge is -2.28. The zero-order chi connectivity index (χ0) is 20.7. The molecule has 0 saturated carbocycles. The number of carbonyl (C=O) groups excluding carboxylic acids is 1. The van der Waals surface area contributed by atoms with Gasteiger partial charge in [0.25, 0.3) is 0 Å². The summed E-state index contributed by atoms with van der Waals surface area (Å²) in [7, 11) is -1.17. The second kappa shape index (κ2) is 15.2. The molecule has 0 fully saturated rings. The van der Waals surface area contributed by atoms with Gasteiger partial charge in [-0.25, -0.2) is 4.79 Å². The molecular formula is C17H37NO8Si. The van der Waals surface area contributed by atoms with Gasteiger partial charge in [0.1, 0.15) is 6.23 Å². The minimum Gasteiger partial charge on any atom is -0.450 e. The number of hydrogen-bond donors (Lipinski definition) is 1. The predicted molar refractivity (Wildman–Crippen MR) is 102 cm³/mol. The second-order valence-electron chi connectivity index (χ2n) is 5.65. The Bertz CT molecular complexity index is 371. The van der Waals surface area contributed by atoms with Gasteiger partial charge in [-0.1, -0.05) is 0 Å². The number of carbonyl (C=O) groups is 1. The monoisotopic (exact) mass is 411 g/mol. The number of nitrogens with one attached hydrogen (secondary N) is 1. The van der Waals surface area contributed by atoms with Crippen LogP contribution >= 0.6 is 0 Å². The van der Waals surface area contributed by atoms with E-state index in [-0.39, 0.29) is 6.61 Å². The molecule has 3 atom stereocenters. The summed E-state index contributed by atoms with van der Waals surface area (Å²) < 4.78 is 38.3. The third kappa shape index (κ3) is 12.3. The topological polar surface area (TPSA) is 93.7 Å². The number of amides is 1. The van der Waals surface area contributed by atoms with Crippen molar-refractivity contribution < 1.29 is 37.0 Å². The molecule has 0 aromatic rings. The van der Waals surface area contributed by atoms with Crippen molar-refractivity contribution in [1.82, 2.24) is 5.32 Å². The first-order valence-electron chi connectivity index (χ1n) is 9.51. The predicted octanol–water partition coefficient (Wildman–Crippen LogP) is 2.87. The van der Waals surface area contributed by atoms with Gasteiger partial charge >= 0.3 is 14.9 Å². The van der Waals surface area contributed by atoms with Gasteiger partial charge in [0, 0.05) is 33.0 Å². The normalized spacial score (nSPS) is 15.2. The number of methoxy groups -OCH3 is 1. The van der Waals surface area contributed by atoms with Crippen molar-refractivity contribution in [2.24, 2.45) is 0 Å². The molecule has 0 aromatic heterocycles. The van der Waals surface area contributed by atoms with Crippen LogP contribution in [-0.2, 0) is 32.2 Å². The molecule has 162 valence electrons. The summed E-state index contributed by atoms with van der Waals surface area (Å²) in [5.41, 5.74) is 0. The van der Waals surface area contributed by atoms with Gasteiger partial charge < -0.3 is 32.2 Å². The Kier molecular flexibility index (Phi) is 14.8. The summed E-state index contributed by atoms with van der Waals surface area (Å²) in [6, 6.07) is 0.585. The maximum Gasteiger partial charge on any atom is 0.501 e. The fourth-order valence-corrected chi connectivity index (χ4v) is 4.92. The Hall–Kier alpha value is -0.753. The van der Waals surface area contributed by atoms with Crippen molar-refractivity contribution in [3.63, 3.8) is 0 Å². The standard InChI is InChI=1S/C17H37NO8Si/c1-8-22-27(23-9-2,24-10-3)13-11-12-21-17(19)18-14(4)25-16(6)26-15(5)20-7/h14-16H,8-13H2,1-7H3,(H,18,19). The summed E-state index contributed by atoms with van der Waals surface area (Å²) in [6.45, 7) is 12.7. The van der Waals surface area contributed by atoms with Gasteiger partial charge in [0.05, 0.1) is 6.61 Å². The zero-order valence-corrected chi connectivity index (χ0v) is 18.7. The van der Waals surface area contributed by atoms with Crippen LogP contribution in [-0.4, -0.2) is 67.2 Å². The van der Waals surface area contributed by atoms with Crippen molar-refractivity contribution in [2.45, 2.75) is 72.8 Å². The van der Waals surface area contributed by atoms with Crippen LogP contribution < -0.4 is 5.32 Å². The molecule has 1 N–H and O–H groups in total. The lowest BCUT2D eigenvalue weighted by atomic mass is 10.5. The largest absolute Gasteiger partial charge is 0.501 e.